The largest absolute Gasteiger partial charge is 0.493 e. The molecule has 5 rings (SSSR count). The van der Waals surface area contributed by atoms with Crippen LogP contribution >= 0.6 is 0 Å². The van der Waals surface area contributed by atoms with Crippen LogP contribution in [0.3, 0.4) is 0 Å². The number of nitrogens with zero attached hydrogens (tertiary/aromatic N) is 2. The Morgan fingerprint density at radius 1 is 1.00 bits per heavy atom. The lowest BCUT2D eigenvalue weighted by molar-refractivity contribution is -0.136. The minimum atomic E-state index is -0.369. The zero-order valence-corrected chi connectivity index (χ0v) is 18.9. The normalized spacial score (nSPS) is 21.9. The summed E-state index contributed by atoms with van der Waals surface area (Å²) in [6.45, 7) is 2.06. The van der Waals surface area contributed by atoms with Gasteiger partial charge in [0, 0.05) is 31.3 Å². The summed E-state index contributed by atoms with van der Waals surface area (Å²) in [5.74, 6) is 2.23. The molecule has 2 unspecified atom stereocenters. The first-order valence-electron chi connectivity index (χ1n) is 11.3. The maximum atomic E-state index is 13.5. The van der Waals surface area contributed by atoms with E-state index in [4.69, 9.17) is 18.9 Å². The van der Waals surface area contributed by atoms with Crippen molar-refractivity contribution in [3.05, 3.63) is 42.0 Å². The highest BCUT2D eigenvalue weighted by Crippen LogP contribution is 2.40. The van der Waals surface area contributed by atoms with Gasteiger partial charge in [0.05, 0.1) is 26.2 Å². The molecule has 2 saturated heterocycles. The summed E-state index contributed by atoms with van der Waals surface area (Å²) in [5, 5.41) is 0. The van der Waals surface area contributed by atoms with Gasteiger partial charge in [-0.15, -0.1) is 0 Å². The fraction of sp³-hybridized carbons (Fsp3) is 0.440. The average Bonchev–Trinajstić information content (AvgIpc) is 3.50. The Bertz CT molecular complexity index is 1070. The van der Waals surface area contributed by atoms with Crippen LogP contribution in [0.1, 0.15) is 30.9 Å². The number of ether oxygens (including phenoxy) is 4. The molecule has 0 aromatic heterocycles. The number of carbonyl (C=O) groups is 2. The van der Waals surface area contributed by atoms with Crippen LogP contribution in [0.2, 0.25) is 0 Å². The minimum absolute atomic E-state index is 0.0284. The lowest BCUT2D eigenvalue weighted by Gasteiger charge is -2.28. The molecule has 3 aliphatic heterocycles. The number of likely N-dealkylation sites (tertiary alicyclic amines) is 1. The topological polar surface area (TPSA) is 77.5 Å². The summed E-state index contributed by atoms with van der Waals surface area (Å²) in [4.78, 5) is 29.9. The number of rotatable bonds is 5. The Hall–Kier alpha value is -3.42. The number of anilines is 1. The van der Waals surface area contributed by atoms with Crippen molar-refractivity contribution in [3.8, 4) is 23.0 Å². The fourth-order valence-electron chi connectivity index (χ4n) is 4.99. The highest BCUT2D eigenvalue weighted by molar-refractivity contribution is 6.00. The Balaban J connectivity index is 1.33. The summed E-state index contributed by atoms with van der Waals surface area (Å²) >= 11 is 0. The predicted molar refractivity (Wildman–Crippen MR) is 121 cm³/mol. The lowest BCUT2D eigenvalue weighted by atomic mass is 10.0. The molecule has 8 heteroatoms. The van der Waals surface area contributed by atoms with E-state index in [1.54, 1.807) is 19.1 Å². The van der Waals surface area contributed by atoms with Crippen molar-refractivity contribution in [2.75, 3.05) is 45.4 Å². The summed E-state index contributed by atoms with van der Waals surface area (Å²) in [7, 11) is 3.21. The summed E-state index contributed by atoms with van der Waals surface area (Å²) in [5.41, 5.74) is 1.75. The van der Waals surface area contributed by atoms with Crippen LogP contribution in [0.4, 0.5) is 5.69 Å². The molecule has 0 aliphatic carbocycles. The third-order valence-corrected chi connectivity index (χ3v) is 6.64. The van der Waals surface area contributed by atoms with Gasteiger partial charge in [-0.25, -0.2) is 0 Å². The molecule has 0 N–H and O–H groups in total. The molecule has 2 amide bonds. The Morgan fingerprint density at radius 3 is 2.58 bits per heavy atom. The van der Waals surface area contributed by atoms with E-state index in [0.29, 0.717) is 49.3 Å². The Morgan fingerprint density at radius 2 is 1.79 bits per heavy atom. The first-order chi connectivity index (χ1) is 16.1. The van der Waals surface area contributed by atoms with Crippen LogP contribution in [0, 0.1) is 5.92 Å². The molecule has 2 aromatic rings. The van der Waals surface area contributed by atoms with E-state index in [9.17, 15) is 9.59 Å². The zero-order valence-electron chi connectivity index (χ0n) is 18.9. The van der Waals surface area contributed by atoms with Gasteiger partial charge in [-0.3, -0.25) is 9.59 Å². The van der Waals surface area contributed by atoms with Crippen LogP contribution in [0.5, 0.6) is 23.0 Å². The maximum Gasteiger partial charge on any atom is 0.228 e. The summed E-state index contributed by atoms with van der Waals surface area (Å²) in [6, 6.07) is 11.3. The molecule has 0 saturated carbocycles. The van der Waals surface area contributed by atoms with E-state index in [1.165, 1.54) is 0 Å². The summed E-state index contributed by atoms with van der Waals surface area (Å²) in [6.07, 6.45) is 2.02. The van der Waals surface area contributed by atoms with Gasteiger partial charge in [-0.2, -0.15) is 0 Å². The molecule has 0 bridgehead atoms. The molecule has 2 aromatic carbocycles. The fourth-order valence-corrected chi connectivity index (χ4v) is 4.99. The van der Waals surface area contributed by atoms with Gasteiger partial charge in [-0.1, -0.05) is 6.07 Å². The van der Waals surface area contributed by atoms with Crippen LogP contribution in [0.15, 0.2) is 36.4 Å². The molecule has 0 radical (unpaired) electrons. The van der Waals surface area contributed by atoms with Gasteiger partial charge in [0.15, 0.2) is 23.0 Å². The number of benzene rings is 2. The second-order valence-electron chi connectivity index (χ2n) is 8.54. The molecular weight excluding hydrogens is 424 g/mol. The number of hydrogen-bond acceptors (Lipinski definition) is 6. The maximum absolute atomic E-state index is 13.5. The van der Waals surface area contributed by atoms with E-state index >= 15 is 0 Å². The second-order valence-corrected chi connectivity index (χ2v) is 8.54. The van der Waals surface area contributed by atoms with Crippen LogP contribution < -0.4 is 23.8 Å². The van der Waals surface area contributed by atoms with Crippen LogP contribution in [-0.2, 0) is 9.59 Å². The minimum Gasteiger partial charge on any atom is -0.493 e. The third kappa shape index (κ3) is 3.94. The van der Waals surface area contributed by atoms with E-state index < -0.39 is 0 Å². The lowest BCUT2D eigenvalue weighted by Crippen LogP contribution is -2.37. The number of hydrogen-bond donors (Lipinski definition) is 0. The van der Waals surface area contributed by atoms with Gasteiger partial charge in [0.2, 0.25) is 11.8 Å². The van der Waals surface area contributed by atoms with E-state index in [-0.39, 0.29) is 30.2 Å². The number of carbonyl (C=O) groups excluding carboxylic acids is 2. The van der Waals surface area contributed by atoms with Gasteiger partial charge in [0.1, 0.15) is 13.2 Å². The van der Waals surface area contributed by atoms with Gasteiger partial charge < -0.3 is 28.7 Å². The molecule has 8 nitrogen and oxygen atoms in total. The standard InChI is InChI=1S/C25H28N2O6/c1-30-20-7-5-16(12-22(20)31-2)19-4-3-9-26(19)25(29)17-13-24(28)27(15-17)18-6-8-21-23(14-18)33-11-10-32-21/h5-8,12,14,17,19H,3-4,9-11,13,15H2,1-2H3. The zero-order chi connectivity index (χ0) is 22.9. The highest BCUT2D eigenvalue weighted by Gasteiger charge is 2.41. The van der Waals surface area contributed by atoms with Crippen LogP contribution in [-0.4, -0.2) is 57.2 Å². The summed E-state index contributed by atoms with van der Waals surface area (Å²) < 4.78 is 22.0. The molecule has 174 valence electrons. The van der Waals surface area contributed by atoms with Gasteiger partial charge >= 0.3 is 0 Å². The van der Waals surface area contributed by atoms with Crippen LogP contribution in [0.25, 0.3) is 0 Å². The van der Waals surface area contributed by atoms with Crippen molar-refractivity contribution < 1.29 is 28.5 Å². The second kappa shape index (κ2) is 8.84. The predicted octanol–water partition coefficient (Wildman–Crippen LogP) is 3.19. The van der Waals surface area contributed by atoms with E-state index in [1.807, 2.05) is 41.3 Å². The Kier molecular flexibility index (Phi) is 5.74. The van der Waals surface area contributed by atoms with Crippen molar-refractivity contribution >= 4 is 17.5 Å². The number of fused-ring (bicyclic) bond motifs is 1. The Labute approximate surface area is 193 Å². The van der Waals surface area contributed by atoms with E-state index in [2.05, 4.69) is 0 Å². The molecule has 0 spiro atoms. The average molecular weight is 453 g/mol. The van der Waals surface area contributed by atoms with E-state index in [0.717, 1.165) is 24.1 Å². The monoisotopic (exact) mass is 452 g/mol. The van der Waals surface area contributed by atoms with Crippen molar-refractivity contribution in [2.45, 2.75) is 25.3 Å². The molecule has 2 fully saturated rings. The van der Waals surface area contributed by atoms with Crippen molar-refractivity contribution in [2.24, 2.45) is 5.92 Å². The molecular formula is C25H28N2O6. The molecule has 2 atom stereocenters. The van der Waals surface area contributed by atoms with Crippen molar-refractivity contribution in [1.29, 1.82) is 0 Å². The van der Waals surface area contributed by atoms with Crippen molar-refractivity contribution in [3.63, 3.8) is 0 Å². The third-order valence-electron chi connectivity index (χ3n) is 6.64. The SMILES string of the molecule is COc1ccc(C2CCCN2C(=O)C2CC(=O)N(c3ccc4c(c3)OCCO4)C2)cc1OC. The number of amides is 2. The first kappa shape index (κ1) is 21.4. The van der Waals surface area contributed by atoms with Crippen molar-refractivity contribution in [1.82, 2.24) is 4.90 Å². The van der Waals surface area contributed by atoms with Gasteiger partial charge in [0.25, 0.3) is 0 Å². The molecule has 33 heavy (non-hydrogen) atoms. The first-order valence-corrected chi connectivity index (χ1v) is 11.3. The van der Waals surface area contributed by atoms with Gasteiger partial charge in [-0.05, 0) is 42.7 Å². The smallest absolute Gasteiger partial charge is 0.228 e. The quantitative estimate of drug-likeness (QED) is 0.694. The highest BCUT2D eigenvalue weighted by atomic mass is 16.6. The molecule has 3 aliphatic rings. The number of methoxy groups -OCH3 is 2. The molecule has 3 heterocycles.